The van der Waals surface area contributed by atoms with Gasteiger partial charge in [0.1, 0.15) is 16.7 Å². The Morgan fingerprint density at radius 1 is 1.27 bits per heavy atom. The van der Waals surface area contributed by atoms with Crippen LogP contribution in [0.25, 0.3) is 0 Å². The molecule has 4 rings (SSSR count). The third kappa shape index (κ3) is 3.87. The molecule has 0 radical (unpaired) electrons. The number of hydrogen-bond acceptors (Lipinski definition) is 7. The number of fused-ring (bicyclic) bond motifs is 1. The van der Waals surface area contributed by atoms with Gasteiger partial charge in [-0.25, -0.2) is 0 Å². The van der Waals surface area contributed by atoms with E-state index in [1.807, 2.05) is 25.1 Å². The van der Waals surface area contributed by atoms with Gasteiger partial charge in [0.15, 0.2) is 0 Å². The number of nitrogens with zero attached hydrogens (tertiary/aromatic N) is 3. The van der Waals surface area contributed by atoms with Crippen LogP contribution in [0.2, 0.25) is 0 Å². The lowest BCUT2D eigenvalue weighted by atomic mass is 9.95. The number of hydrogen-bond donors (Lipinski definition) is 3. The molecule has 30 heavy (non-hydrogen) atoms. The zero-order chi connectivity index (χ0) is 21.3. The highest BCUT2D eigenvalue weighted by atomic mass is 32.1. The fourth-order valence-electron chi connectivity index (χ4n) is 3.85. The number of rotatable bonds is 4. The first kappa shape index (κ1) is 20.3. The van der Waals surface area contributed by atoms with Crippen molar-refractivity contribution in [2.75, 3.05) is 17.2 Å². The van der Waals surface area contributed by atoms with Gasteiger partial charge in [0.2, 0.25) is 16.9 Å². The van der Waals surface area contributed by atoms with Gasteiger partial charge in [-0.15, -0.1) is 10.2 Å². The first-order valence-electron chi connectivity index (χ1n) is 10.0. The normalized spacial score (nSPS) is 22.0. The third-order valence-corrected chi connectivity index (χ3v) is 6.59. The van der Waals surface area contributed by atoms with E-state index in [1.165, 1.54) is 11.3 Å². The Morgan fingerprint density at radius 2 is 2.07 bits per heavy atom. The Morgan fingerprint density at radius 3 is 2.83 bits per heavy atom. The maximum absolute atomic E-state index is 12.8. The maximum Gasteiger partial charge on any atom is 0.255 e. The summed E-state index contributed by atoms with van der Waals surface area (Å²) in [5, 5.41) is 18.4. The lowest BCUT2D eigenvalue weighted by Crippen LogP contribution is -2.58. The number of carbonyl (C=O) groups is 3. The minimum absolute atomic E-state index is 0.115. The van der Waals surface area contributed by atoms with Gasteiger partial charge in [-0.1, -0.05) is 30.4 Å². The number of para-hydroxylation sites is 1. The van der Waals surface area contributed by atoms with Crippen molar-refractivity contribution in [2.45, 2.75) is 51.2 Å². The number of amides is 3. The van der Waals surface area contributed by atoms with Gasteiger partial charge in [0.25, 0.3) is 5.91 Å². The van der Waals surface area contributed by atoms with Crippen molar-refractivity contribution < 1.29 is 14.4 Å². The first-order chi connectivity index (χ1) is 14.4. The van der Waals surface area contributed by atoms with E-state index >= 15 is 0 Å². The fraction of sp³-hybridized carbons (Fsp3) is 0.450. The standard InChI is InChI=1S/C20H24N6O3S/c1-3-15-24-25-19(30-15)21-17(28)12(2)26-11-10-20(9-8-16(26)27)22-14-7-5-4-6-13(14)18(29)23-20/h4-7,12,22H,3,8-11H2,1-2H3,(H,23,29)(H,21,25,28)/t12-,20+/m1/s1. The number of benzene rings is 1. The van der Waals surface area contributed by atoms with Crippen LogP contribution in [0.15, 0.2) is 24.3 Å². The summed E-state index contributed by atoms with van der Waals surface area (Å²) in [6.07, 6.45) is 1.92. The Balaban J connectivity index is 1.46. The molecule has 2 atom stereocenters. The summed E-state index contributed by atoms with van der Waals surface area (Å²) in [6.45, 7) is 4.02. The van der Waals surface area contributed by atoms with E-state index in [9.17, 15) is 14.4 Å². The van der Waals surface area contributed by atoms with Crippen LogP contribution < -0.4 is 16.0 Å². The average Bonchev–Trinajstić information content (AvgIpc) is 3.13. The van der Waals surface area contributed by atoms with Crippen molar-refractivity contribution in [1.82, 2.24) is 20.4 Å². The van der Waals surface area contributed by atoms with Gasteiger partial charge < -0.3 is 15.5 Å². The summed E-state index contributed by atoms with van der Waals surface area (Å²) < 4.78 is 0. The van der Waals surface area contributed by atoms with Gasteiger partial charge in [-0.2, -0.15) is 0 Å². The second-order valence-corrected chi connectivity index (χ2v) is 8.63. The summed E-state index contributed by atoms with van der Waals surface area (Å²) in [5.41, 5.74) is 0.643. The molecule has 10 heteroatoms. The smallest absolute Gasteiger partial charge is 0.255 e. The third-order valence-electron chi connectivity index (χ3n) is 5.61. The molecule has 3 amide bonds. The Kier molecular flexibility index (Phi) is 5.42. The van der Waals surface area contributed by atoms with Crippen molar-refractivity contribution in [1.29, 1.82) is 0 Å². The van der Waals surface area contributed by atoms with Crippen molar-refractivity contribution in [3.8, 4) is 0 Å². The van der Waals surface area contributed by atoms with Gasteiger partial charge in [-0.3, -0.25) is 19.7 Å². The Bertz CT molecular complexity index is 992. The minimum Gasteiger partial charge on any atom is -0.362 e. The van der Waals surface area contributed by atoms with Crippen LogP contribution in [-0.2, 0) is 16.0 Å². The van der Waals surface area contributed by atoms with E-state index < -0.39 is 11.7 Å². The van der Waals surface area contributed by atoms with E-state index in [4.69, 9.17) is 0 Å². The van der Waals surface area contributed by atoms with E-state index in [1.54, 1.807) is 17.9 Å². The van der Waals surface area contributed by atoms with E-state index in [0.717, 1.165) is 17.1 Å². The average molecular weight is 429 g/mol. The summed E-state index contributed by atoms with van der Waals surface area (Å²) in [6, 6.07) is 6.66. The zero-order valence-corrected chi connectivity index (χ0v) is 17.7. The van der Waals surface area contributed by atoms with Gasteiger partial charge in [-0.05, 0) is 31.9 Å². The molecule has 1 aromatic heterocycles. The van der Waals surface area contributed by atoms with E-state index in [2.05, 4.69) is 26.1 Å². The second kappa shape index (κ2) is 8.02. The first-order valence-corrected chi connectivity index (χ1v) is 10.8. The van der Waals surface area contributed by atoms with E-state index in [-0.39, 0.29) is 24.1 Å². The molecule has 1 saturated heterocycles. The maximum atomic E-state index is 12.8. The van der Waals surface area contributed by atoms with Gasteiger partial charge in [0, 0.05) is 25.1 Å². The molecule has 9 nitrogen and oxygen atoms in total. The largest absolute Gasteiger partial charge is 0.362 e. The SMILES string of the molecule is CCc1nnc(NC(=O)[C@@H](C)N2CC[C@]3(CCC2=O)NC(=O)c2ccccc2N3)s1. The molecule has 158 valence electrons. The topological polar surface area (TPSA) is 116 Å². The van der Waals surface area contributed by atoms with Crippen LogP contribution in [-0.4, -0.2) is 51.1 Å². The van der Waals surface area contributed by atoms with Crippen LogP contribution in [0.1, 0.15) is 48.5 Å². The number of aromatic nitrogens is 2. The fourth-order valence-corrected chi connectivity index (χ4v) is 4.53. The molecule has 0 bridgehead atoms. The molecule has 0 unspecified atom stereocenters. The molecular weight excluding hydrogens is 404 g/mol. The van der Waals surface area contributed by atoms with E-state index in [0.29, 0.717) is 30.1 Å². The highest BCUT2D eigenvalue weighted by Crippen LogP contribution is 2.32. The van der Waals surface area contributed by atoms with Crippen LogP contribution in [0.3, 0.4) is 0 Å². The van der Waals surface area contributed by atoms with Crippen molar-refractivity contribution in [2.24, 2.45) is 0 Å². The van der Waals surface area contributed by atoms with Crippen LogP contribution in [0, 0.1) is 0 Å². The highest BCUT2D eigenvalue weighted by Gasteiger charge is 2.41. The molecule has 1 aromatic carbocycles. The summed E-state index contributed by atoms with van der Waals surface area (Å²) in [7, 11) is 0. The molecular formula is C20H24N6O3S. The summed E-state index contributed by atoms with van der Waals surface area (Å²) in [4.78, 5) is 39.6. The number of nitrogens with one attached hydrogen (secondary N) is 3. The second-order valence-electron chi connectivity index (χ2n) is 7.56. The molecule has 2 aliphatic rings. The summed E-state index contributed by atoms with van der Waals surface area (Å²) in [5.74, 6) is -0.570. The van der Waals surface area contributed by atoms with Crippen LogP contribution >= 0.6 is 11.3 Å². The number of anilines is 2. The number of carbonyl (C=O) groups excluding carboxylic acids is 3. The number of likely N-dealkylation sites (tertiary alicyclic amines) is 1. The van der Waals surface area contributed by atoms with Crippen LogP contribution in [0.5, 0.6) is 0 Å². The molecule has 3 N–H and O–H groups in total. The lowest BCUT2D eigenvalue weighted by molar-refractivity contribution is -0.137. The molecule has 1 fully saturated rings. The predicted molar refractivity (Wildman–Crippen MR) is 113 cm³/mol. The van der Waals surface area contributed by atoms with Crippen molar-refractivity contribution in [3.05, 3.63) is 34.8 Å². The number of aryl methyl sites for hydroxylation is 1. The molecule has 3 heterocycles. The zero-order valence-electron chi connectivity index (χ0n) is 16.9. The van der Waals surface area contributed by atoms with Gasteiger partial charge in [0.05, 0.1) is 5.56 Å². The van der Waals surface area contributed by atoms with Crippen molar-refractivity contribution >= 4 is 39.9 Å². The lowest BCUT2D eigenvalue weighted by Gasteiger charge is -2.40. The molecule has 2 aromatic rings. The van der Waals surface area contributed by atoms with Gasteiger partial charge >= 0.3 is 0 Å². The predicted octanol–water partition coefficient (Wildman–Crippen LogP) is 1.99. The molecule has 1 spiro atoms. The molecule has 0 saturated carbocycles. The van der Waals surface area contributed by atoms with Crippen LogP contribution in [0.4, 0.5) is 10.8 Å². The highest BCUT2D eigenvalue weighted by molar-refractivity contribution is 7.15. The molecule has 0 aliphatic carbocycles. The Labute approximate surface area is 178 Å². The molecule has 2 aliphatic heterocycles. The quantitative estimate of drug-likeness (QED) is 0.686. The monoisotopic (exact) mass is 428 g/mol. The summed E-state index contributed by atoms with van der Waals surface area (Å²) >= 11 is 1.33. The minimum atomic E-state index is -0.707. The van der Waals surface area contributed by atoms with Crippen molar-refractivity contribution in [3.63, 3.8) is 0 Å². The Hall–Kier alpha value is -3.01.